The van der Waals surface area contributed by atoms with Gasteiger partial charge in [-0.2, -0.15) is 0 Å². The van der Waals surface area contributed by atoms with E-state index in [9.17, 15) is 9.59 Å². The number of hydroxylamine groups is 1. The second-order valence-corrected chi connectivity index (χ2v) is 2.15. The van der Waals surface area contributed by atoms with Crippen molar-refractivity contribution < 1.29 is 14.4 Å². The van der Waals surface area contributed by atoms with Gasteiger partial charge >= 0.3 is 6.03 Å². The molecule has 1 heterocycles. The fourth-order valence-electron chi connectivity index (χ4n) is 0.813. The minimum Gasteiger partial charge on any atom is -0.354 e. The normalized spacial score (nSPS) is 22.9. The first-order valence-corrected chi connectivity index (χ1v) is 3.19. The number of carbonyl (C=O) groups excluding carboxylic acids is 2. The van der Waals surface area contributed by atoms with Gasteiger partial charge in [0, 0.05) is 13.0 Å². The van der Waals surface area contributed by atoms with Crippen LogP contribution in [-0.2, 0) is 9.63 Å². The third-order valence-electron chi connectivity index (χ3n) is 1.30. The molecular weight excluding hydrogens is 150 g/mol. The summed E-state index contributed by atoms with van der Waals surface area (Å²) < 4.78 is 0. The largest absolute Gasteiger partial charge is 0.354 e. The molecule has 0 spiro atoms. The first kappa shape index (κ1) is 7.80. The van der Waals surface area contributed by atoms with Crippen LogP contribution in [0, 0.1) is 0 Å². The van der Waals surface area contributed by atoms with E-state index < -0.39 is 12.1 Å². The number of hydrogen-bond donors (Lipinski definition) is 3. The van der Waals surface area contributed by atoms with Crippen LogP contribution in [0.3, 0.4) is 0 Å². The summed E-state index contributed by atoms with van der Waals surface area (Å²) in [6, 6.07) is -0.801. The van der Waals surface area contributed by atoms with E-state index in [0.717, 1.165) is 0 Å². The summed E-state index contributed by atoms with van der Waals surface area (Å²) in [6.07, 6.45) is -0.0402. The van der Waals surface area contributed by atoms with E-state index in [1.165, 1.54) is 0 Å². The Morgan fingerprint density at radius 1 is 1.82 bits per heavy atom. The van der Waals surface area contributed by atoms with E-state index in [0.29, 0.717) is 13.0 Å². The molecule has 1 saturated heterocycles. The second-order valence-electron chi connectivity index (χ2n) is 2.15. The minimum absolute atomic E-state index is 0.223. The number of rotatable bonds is 2. The van der Waals surface area contributed by atoms with E-state index in [1.54, 1.807) is 0 Å². The Morgan fingerprint density at radius 3 is 3.00 bits per heavy atom. The Bertz CT molecular complexity index is 182. The lowest BCUT2D eigenvalue weighted by atomic mass is 10.3. The van der Waals surface area contributed by atoms with Crippen LogP contribution in [0.15, 0.2) is 0 Å². The molecule has 1 fully saturated rings. The van der Waals surface area contributed by atoms with Crippen molar-refractivity contribution in [1.82, 2.24) is 10.8 Å². The highest BCUT2D eigenvalue weighted by Gasteiger charge is 2.25. The highest BCUT2D eigenvalue weighted by Crippen LogP contribution is 2.01. The van der Waals surface area contributed by atoms with Crippen LogP contribution < -0.4 is 16.5 Å². The van der Waals surface area contributed by atoms with Gasteiger partial charge in [-0.3, -0.25) is 9.63 Å². The van der Waals surface area contributed by atoms with E-state index in [1.807, 2.05) is 5.48 Å². The van der Waals surface area contributed by atoms with Crippen molar-refractivity contribution in [2.45, 2.75) is 12.5 Å². The Morgan fingerprint density at radius 2 is 2.55 bits per heavy atom. The number of nitrogens with two attached hydrogens (primary N) is 1. The molecule has 1 rings (SSSR count). The Kier molecular flexibility index (Phi) is 2.27. The predicted octanol–water partition coefficient (Wildman–Crippen LogP) is -1.53. The standard InChI is InChI=1S/C5H9N3O3/c6-5(10)8-11-3-1-2-7-4(3)9/h3H,1-2H2,(H,7,9)(H3,6,8,10). The monoisotopic (exact) mass is 159 g/mol. The lowest BCUT2D eigenvalue weighted by Crippen LogP contribution is -2.36. The van der Waals surface area contributed by atoms with Crippen LogP contribution in [0.25, 0.3) is 0 Å². The number of hydrogen-bond acceptors (Lipinski definition) is 3. The van der Waals surface area contributed by atoms with Crippen molar-refractivity contribution in [1.29, 1.82) is 0 Å². The van der Waals surface area contributed by atoms with Crippen LogP contribution in [0.5, 0.6) is 0 Å². The van der Waals surface area contributed by atoms with Gasteiger partial charge in [0.25, 0.3) is 5.91 Å². The second kappa shape index (κ2) is 3.20. The zero-order chi connectivity index (χ0) is 8.27. The van der Waals surface area contributed by atoms with Gasteiger partial charge in [-0.25, -0.2) is 10.3 Å². The van der Waals surface area contributed by atoms with Crippen molar-refractivity contribution in [2.24, 2.45) is 5.73 Å². The highest BCUT2D eigenvalue weighted by molar-refractivity contribution is 5.83. The summed E-state index contributed by atoms with van der Waals surface area (Å²) >= 11 is 0. The maximum atomic E-state index is 10.8. The van der Waals surface area contributed by atoms with E-state index >= 15 is 0 Å². The summed E-state index contributed by atoms with van der Waals surface area (Å²) in [5, 5.41) is 2.54. The number of carbonyl (C=O) groups is 2. The van der Waals surface area contributed by atoms with Crippen molar-refractivity contribution in [3.8, 4) is 0 Å². The van der Waals surface area contributed by atoms with Crippen molar-refractivity contribution in [2.75, 3.05) is 6.54 Å². The Labute approximate surface area is 63.0 Å². The number of urea groups is 1. The molecule has 62 valence electrons. The average Bonchev–Trinajstić information content (AvgIpc) is 2.31. The van der Waals surface area contributed by atoms with Gasteiger partial charge in [0.1, 0.15) is 0 Å². The molecule has 0 bridgehead atoms. The van der Waals surface area contributed by atoms with Gasteiger partial charge in [-0.05, 0) is 0 Å². The minimum atomic E-state index is -0.801. The topological polar surface area (TPSA) is 93.5 Å². The molecule has 0 aromatic carbocycles. The molecule has 0 saturated carbocycles. The third kappa shape index (κ3) is 2.08. The molecule has 1 aliphatic heterocycles. The molecule has 11 heavy (non-hydrogen) atoms. The van der Waals surface area contributed by atoms with E-state index in [-0.39, 0.29) is 5.91 Å². The first-order chi connectivity index (χ1) is 5.20. The van der Waals surface area contributed by atoms with Gasteiger partial charge < -0.3 is 11.1 Å². The molecule has 6 heteroatoms. The summed E-state index contributed by atoms with van der Waals surface area (Å²) in [7, 11) is 0. The van der Waals surface area contributed by atoms with Crippen molar-refractivity contribution in [3.05, 3.63) is 0 Å². The number of amides is 3. The molecule has 1 atom stereocenters. The zero-order valence-corrected chi connectivity index (χ0v) is 5.79. The van der Waals surface area contributed by atoms with Gasteiger partial charge in [0.15, 0.2) is 6.10 Å². The first-order valence-electron chi connectivity index (χ1n) is 3.19. The molecule has 0 aromatic rings. The molecule has 0 aliphatic carbocycles. The molecular formula is C5H9N3O3. The molecule has 6 nitrogen and oxygen atoms in total. The molecule has 1 aliphatic rings. The van der Waals surface area contributed by atoms with Gasteiger partial charge in [0.2, 0.25) is 0 Å². The lowest BCUT2D eigenvalue weighted by Gasteiger charge is -2.06. The van der Waals surface area contributed by atoms with Crippen molar-refractivity contribution in [3.63, 3.8) is 0 Å². The van der Waals surface area contributed by atoms with Crippen LogP contribution in [0.1, 0.15) is 6.42 Å². The van der Waals surface area contributed by atoms with Crippen molar-refractivity contribution >= 4 is 11.9 Å². The summed E-state index contributed by atoms with van der Waals surface area (Å²) in [4.78, 5) is 25.5. The number of primary amides is 1. The predicted molar refractivity (Wildman–Crippen MR) is 35.2 cm³/mol. The molecule has 3 amide bonds. The molecule has 1 unspecified atom stereocenters. The van der Waals surface area contributed by atoms with Gasteiger partial charge in [0.05, 0.1) is 0 Å². The molecule has 0 radical (unpaired) electrons. The van der Waals surface area contributed by atoms with Gasteiger partial charge in [-0.1, -0.05) is 0 Å². The van der Waals surface area contributed by atoms with Gasteiger partial charge in [-0.15, -0.1) is 0 Å². The number of nitrogens with one attached hydrogen (secondary N) is 2. The average molecular weight is 159 g/mol. The fourth-order valence-corrected chi connectivity index (χ4v) is 0.813. The third-order valence-corrected chi connectivity index (χ3v) is 1.30. The molecule has 4 N–H and O–H groups in total. The summed E-state index contributed by atoms with van der Waals surface area (Å²) in [6.45, 7) is 0.573. The van der Waals surface area contributed by atoms with E-state index in [2.05, 4.69) is 10.2 Å². The summed E-state index contributed by atoms with van der Waals surface area (Å²) in [5.41, 5.74) is 6.61. The van der Waals surface area contributed by atoms with Crippen LogP contribution in [-0.4, -0.2) is 24.6 Å². The van der Waals surface area contributed by atoms with Crippen LogP contribution in [0.4, 0.5) is 4.79 Å². The van der Waals surface area contributed by atoms with E-state index in [4.69, 9.17) is 5.73 Å². The Balaban J connectivity index is 2.26. The maximum Gasteiger partial charge on any atom is 0.336 e. The smallest absolute Gasteiger partial charge is 0.336 e. The zero-order valence-electron chi connectivity index (χ0n) is 5.79. The fraction of sp³-hybridized carbons (Fsp3) is 0.600. The van der Waals surface area contributed by atoms with Crippen LogP contribution >= 0.6 is 0 Å². The highest BCUT2D eigenvalue weighted by atomic mass is 16.7. The summed E-state index contributed by atoms with van der Waals surface area (Å²) in [5.74, 6) is -0.223. The SMILES string of the molecule is NC(=O)NOC1CCNC1=O. The van der Waals surface area contributed by atoms with Crippen LogP contribution in [0.2, 0.25) is 0 Å². The Hall–Kier alpha value is -1.30. The quantitative estimate of drug-likeness (QED) is 0.427. The lowest BCUT2D eigenvalue weighted by molar-refractivity contribution is -0.131. The molecule has 0 aromatic heterocycles. The maximum absolute atomic E-state index is 10.8.